The van der Waals surface area contributed by atoms with Gasteiger partial charge in [0, 0.05) is 115 Å². The lowest BCUT2D eigenvalue weighted by molar-refractivity contribution is -0.536. The van der Waals surface area contributed by atoms with Crippen LogP contribution in [0.3, 0.4) is 0 Å². The lowest BCUT2D eigenvalue weighted by Crippen LogP contribution is -2.63. The molecule has 0 heterocycles. The van der Waals surface area contributed by atoms with Crippen LogP contribution in [-0.4, -0.2) is 120 Å². The van der Waals surface area contributed by atoms with E-state index in [1.807, 2.05) is 246 Å². The summed E-state index contributed by atoms with van der Waals surface area (Å²) in [6, 6.07) is 48.2. The van der Waals surface area contributed by atoms with Crippen LogP contribution >= 0.6 is 0 Å². The van der Waals surface area contributed by atoms with E-state index in [0.29, 0.717) is 16.7 Å². The number of phenolic OH excluding ortho intramolecular Hbond substituents is 3. The summed E-state index contributed by atoms with van der Waals surface area (Å²) in [5.74, 6) is -4.72. The second-order valence-corrected chi connectivity index (χ2v) is 27.1. The smallest absolute Gasteiger partial charge is 0.145 e. The summed E-state index contributed by atoms with van der Waals surface area (Å²) >= 11 is 0. The molecule has 0 spiro atoms. The Kier molecular flexibility index (Phi) is 21.4. The van der Waals surface area contributed by atoms with Crippen molar-refractivity contribution >= 4 is 28.5 Å². The number of aryl methyl sites for hydroxylation is 6. The largest absolute Gasteiger partial charge is 0.851 e. The van der Waals surface area contributed by atoms with Gasteiger partial charge in [-0.2, -0.15) is 0 Å². The molecule has 4 aliphatic rings. The molecule has 8 aromatic rings. The molecular weight excluding hydrogens is 1180 g/mol. The summed E-state index contributed by atoms with van der Waals surface area (Å²) in [7, 11) is 15.2. The number of aromatic hydroxyl groups is 3. The molecule has 0 bridgehead atoms. The molecule has 4 fully saturated rings. The number of carbonyl (C=O) groups is 1. The Bertz CT molecular complexity index is 3890. The number of hydrogen-bond donors (Lipinski definition) is 3. The lowest BCUT2D eigenvalue weighted by atomic mass is 9.63. The van der Waals surface area contributed by atoms with Crippen molar-refractivity contribution < 1.29 is 55.9 Å². The minimum absolute atomic E-state index is 0.0118. The molecule has 9 unspecified atom stereocenters. The van der Waals surface area contributed by atoms with Crippen LogP contribution in [0, 0.1) is 48.5 Å². The highest BCUT2D eigenvalue weighted by atomic mass is 16.3. The number of phenols is 3. The molecule has 15 heteroatoms. The van der Waals surface area contributed by atoms with E-state index in [0.717, 1.165) is 83.9 Å². The predicted molar refractivity (Wildman–Crippen MR) is 360 cm³/mol. The van der Waals surface area contributed by atoms with Crippen molar-refractivity contribution in [3.05, 3.63) is 241 Å². The summed E-state index contributed by atoms with van der Waals surface area (Å²) in [5.41, 5.74) is 17.0. The van der Waals surface area contributed by atoms with Gasteiger partial charge in [-0.3, -0.25) is 4.79 Å². The molecule has 0 aromatic heterocycles. The molecule has 12 rings (SSSR count). The van der Waals surface area contributed by atoms with Crippen LogP contribution in [0.1, 0.15) is 131 Å². The zero-order valence-corrected chi connectivity index (χ0v) is 56.6. The van der Waals surface area contributed by atoms with Gasteiger partial charge in [-0.05, 0) is 181 Å². The Labute approximate surface area is 554 Å². The van der Waals surface area contributed by atoms with Crippen LogP contribution in [0.4, 0.5) is 22.7 Å². The fourth-order valence-corrected chi connectivity index (χ4v) is 13.6. The van der Waals surface area contributed by atoms with Crippen molar-refractivity contribution in [2.45, 2.75) is 139 Å². The minimum Gasteiger partial charge on any atom is -0.851 e. The Morgan fingerprint density at radius 3 is 0.957 bits per heavy atom. The molecule has 4 aliphatic carbocycles. The number of anilines is 4. The summed E-state index contributed by atoms with van der Waals surface area (Å²) in [5, 5.41) is 119. The highest BCUT2D eigenvalue weighted by Gasteiger charge is 2.46. The first-order valence-corrected chi connectivity index (χ1v) is 32.1. The second kappa shape index (κ2) is 28.8. The van der Waals surface area contributed by atoms with Crippen LogP contribution in [-0.2, 0) is 4.79 Å². The fraction of sp³-hybridized carbons (Fsp3) is 0.380. The summed E-state index contributed by atoms with van der Waals surface area (Å²) in [6.07, 6.45) is -6.86. The Balaban J connectivity index is 0.000000148. The van der Waals surface area contributed by atoms with Gasteiger partial charge in [0.2, 0.25) is 0 Å². The van der Waals surface area contributed by atoms with Crippen molar-refractivity contribution in [2.24, 2.45) is 0 Å². The van der Waals surface area contributed by atoms with Crippen LogP contribution in [0.15, 0.2) is 158 Å². The summed E-state index contributed by atoms with van der Waals surface area (Å²) in [6.45, 7) is 14.0. The molecule has 0 aliphatic heterocycles. The lowest BCUT2D eigenvalue weighted by Gasteiger charge is -2.62. The van der Waals surface area contributed by atoms with Crippen LogP contribution < -0.4 is 55.3 Å². The first-order valence-electron chi connectivity index (χ1n) is 32.1. The van der Waals surface area contributed by atoms with E-state index in [2.05, 4.69) is 0 Å². The van der Waals surface area contributed by atoms with Gasteiger partial charge in [0.15, 0.2) is 0 Å². The number of rotatable bonds is 12. The number of hydrogen-bond acceptors (Lipinski definition) is 15. The third-order valence-electron chi connectivity index (χ3n) is 20.1. The van der Waals surface area contributed by atoms with Gasteiger partial charge in [0.25, 0.3) is 0 Å². The highest BCUT2D eigenvalue weighted by molar-refractivity contribution is 6.00. The van der Waals surface area contributed by atoms with Gasteiger partial charge in [0.05, 0.1) is 0 Å². The minimum atomic E-state index is -1.05. The number of benzene rings is 8. The summed E-state index contributed by atoms with van der Waals surface area (Å²) in [4.78, 5) is 20.1. The highest BCUT2D eigenvalue weighted by Crippen LogP contribution is 2.51. The van der Waals surface area contributed by atoms with Gasteiger partial charge in [0.1, 0.15) is 23.0 Å². The molecule has 94 heavy (non-hydrogen) atoms. The van der Waals surface area contributed by atoms with Gasteiger partial charge in [-0.1, -0.05) is 126 Å². The molecule has 0 radical (unpaired) electrons. The SMILES string of the molecule is Cc1cc(C2C([O-])C(c3ccc(N(C)C)cc3O)C2[O-])cc(C)c1C.Cc1ccc(C2C(=O)C(c3ccc(N(C)C)cc3O)C2[O-])cc1.Cc1ccc(C2C([O-])C(c3ccc(N(C)C)cc3)C2[O-])cc1.Cc1ccc(C2C([O-])C(c3ccc(N(C)C)cc3O)C2[O-])cc1C. The average Bonchev–Trinajstić information content (AvgIpc) is 0.762. The number of Topliss-reactive ketones (excluding diaryl/α,β-unsaturated/α-hetero) is 1. The topological polar surface area (TPSA) is 252 Å². The van der Waals surface area contributed by atoms with Gasteiger partial charge < -0.3 is 70.7 Å². The quantitative estimate of drug-likeness (QED) is 0.118. The van der Waals surface area contributed by atoms with Crippen molar-refractivity contribution in [1.82, 2.24) is 0 Å². The first-order chi connectivity index (χ1) is 44.4. The van der Waals surface area contributed by atoms with Gasteiger partial charge in [-0.25, -0.2) is 0 Å². The molecule has 15 nitrogen and oxygen atoms in total. The van der Waals surface area contributed by atoms with E-state index in [4.69, 9.17) is 0 Å². The fourth-order valence-electron chi connectivity index (χ4n) is 13.6. The number of nitrogens with zero attached hydrogens (tertiary/aromatic N) is 4. The number of ketones is 1. The third-order valence-corrected chi connectivity index (χ3v) is 20.1. The Morgan fingerprint density at radius 2 is 0.596 bits per heavy atom. The van der Waals surface area contributed by atoms with E-state index < -0.39 is 90.1 Å². The van der Waals surface area contributed by atoms with E-state index in [1.54, 1.807) is 36.4 Å². The molecule has 4 saturated carbocycles. The molecule has 0 amide bonds. The van der Waals surface area contributed by atoms with E-state index in [1.165, 1.54) is 5.56 Å². The molecule has 3 N–H and O–H groups in total. The van der Waals surface area contributed by atoms with E-state index >= 15 is 0 Å². The normalized spacial score (nSPS) is 25.6. The zero-order valence-electron chi connectivity index (χ0n) is 56.6. The van der Waals surface area contributed by atoms with Crippen molar-refractivity contribution in [3.63, 3.8) is 0 Å². The van der Waals surface area contributed by atoms with E-state index in [-0.39, 0.29) is 23.0 Å². The molecule has 0 saturated heterocycles. The van der Waals surface area contributed by atoms with Crippen LogP contribution in [0.25, 0.3) is 0 Å². The van der Waals surface area contributed by atoms with Gasteiger partial charge in [-0.15, -0.1) is 36.6 Å². The molecule has 498 valence electrons. The van der Waals surface area contributed by atoms with Crippen molar-refractivity contribution in [3.8, 4) is 17.2 Å². The first kappa shape index (κ1) is 70.1. The second-order valence-electron chi connectivity index (χ2n) is 27.1. The molecule has 8 aromatic carbocycles. The van der Waals surface area contributed by atoms with Crippen molar-refractivity contribution in [2.75, 3.05) is 76.0 Å². The maximum atomic E-state index is 12.8. The average molecular weight is 1270 g/mol. The monoisotopic (exact) mass is 1270 g/mol. The van der Waals surface area contributed by atoms with E-state index in [9.17, 15) is 55.9 Å². The van der Waals surface area contributed by atoms with Gasteiger partial charge >= 0.3 is 0 Å². The Hall–Kier alpha value is -8.25. The molecular formula is C79H89N4O11-7. The third kappa shape index (κ3) is 14.1. The maximum Gasteiger partial charge on any atom is 0.145 e. The predicted octanol–water partition coefficient (Wildman–Crippen LogP) is 6.48. The number of carbonyl (C=O) groups excluding carboxylic acids is 1. The summed E-state index contributed by atoms with van der Waals surface area (Å²) < 4.78 is 0. The van der Waals surface area contributed by atoms with Crippen LogP contribution in [0.5, 0.6) is 17.2 Å². The van der Waals surface area contributed by atoms with Crippen molar-refractivity contribution in [1.29, 1.82) is 0 Å². The molecule has 9 atom stereocenters. The van der Waals surface area contributed by atoms with Crippen LogP contribution in [0.2, 0.25) is 0 Å². The zero-order chi connectivity index (χ0) is 68.6. The maximum absolute atomic E-state index is 12.8. The standard InChI is InChI=1S/C21H25NO3.C20H23NO3.C19H20NO3.C19H21NO2/c1-11-8-14(9-12(2)13(11)3)18-20(24)19(21(18)25)16-7-6-15(22(4)5)10-17(16)23;1-11-5-6-13(9-12(11)2)17-19(23)18(20(17)24)15-8-7-14(21(3)4)10-16(15)22;1-11-4-6-12(7-5-11)16-18(22)17(19(16)23)14-9-8-13(20(2)3)10-15(14)21;1-12-4-6-13(7-5-12)16-18(21)17(19(16)22)14-8-10-15(11-9-14)20(2)3/h6-10,18-21,23H,1-5H3;5-10,17-20,22H,1-4H3;4-10,16-18,21H,1-3H3;4-11,16-19H,1-3H3/q2*-2;-1;-2. The Morgan fingerprint density at radius 1 is 0.287 bits per heavy atom.